The number of carbonyl (C=O) groups excluding carboxylic acids is 4. The highest BCUT2D eigenvalue weighted by Gasteiger charge is 2.60. The number of aliphatic hydroxyl groups excluding tert-OH is 2. The SMILES string of the molecule is CN(C)c1cc(NC(=O)Nc2ccccc2)c(O)c2c1C[C@H]1C[C@H]3CC(=O)C(C(N)=O)=C(O)[C@@]3(O)C(=O)C1=C2O. The number of nitrogens with two attached hydrogens (primary N) is 1. The number of hydrogen-bond donors (Lipinski definition) is 7. The zero-order valence-electron chi connectivity index (χ0n) is 21.7. The molecule has 0 radical (unpaired) electrons. The highest BCUT2D eigenvalue weighted by molar-refractivity contribution is 6.22. The minimum atomic E-state index is -2.65. The zero-order valence-corrected chi connectivity index (χ0v) is 21.7. The van der Waals surface area contributed by atoms with Crippen molar-refractivity contribution in [2.75, 3.05) is 29.6 Å². The van der Waals surface area contributed by atoms with Crippen LogP contribution in [0, 0.1) is 11.8 Å². The van der Waals surface area contributed by atoms with E-state index in [1.165, 1.54) is 6.07 Å². The van der Waals surface area contributed by atoms with Gasteiger partial charge >= 0.3 is 6.03 Å². The highest BCUT2D eigenvalue weighted by atomic mass is 16.3. The molecule has 1 fully saturated rings. The molecule has 0 spiro atoms. The van der Waals surface area contributed by atoms with Crippen molar-refractivity contribution in [1.82, 2.24) is 0 Å². The Kier molecular flexibility index (Phi) is 6.30. The molecule has 3 amide bonds. The Morgan fingerprint density at radius 2 is 1.73 bits per heavy atom. The number of amides is 3. The summed E-state index contributed by atoms with van der Waals surface area (Å²) in [7, 11) is 3.46. The standard InChI is InChI=1S/C28H28N4O8/c1-32(2)17-11-16(31-27(39)30-14-6-4-3-5-7-14)22(34)20-15(17)9-12-8-13-10-18(33)21(26(29)38)25(37)28(13,40)24(36)19(12)23(20)35/h3-7,11-13,34-35,37,40H,8-10H2,1-2H3,(H2,29,38)(H2,30,31,39)/t12-,13+,28+/m1/s1. The van der Waals surface area contributed by atoms with Crippen LogP contribution in [0.2, 0.25) is 0 Å². The maximum atomic E-state index is 13.7. The van der Waals surface area contributed by atoms with Crippen LogP contribution in [-0.4, -0.2) is 63.6 Å². The van der Waals surface area contributed by atoms with Gasteiger partial charge in [0.25, 0.3) is 5.91 Å². The van der Waals surface area contributed by atoms with Crippen molar-refractivity contribution in [1.29, 1.82) is 0 Å². The number of anilines is 3. The number of Topliss-reactive ketones (excluding diaryl/α,β-unsaturated/α-hetero) is 2. The van der Waals surface area contributed by atoms with Gasteiger partial charge in [-0.3, -0.25) is 14.4 Å². The van der Waals surface area contributed by atoms with Crippen LogP contribution < -0.4 is 21.3 Å². The van der Waals surface area contributed by atoms with Gasteiger partial charge in [0.1, 0.15) is 17.1 Å². The average Bonchev–Trinajstić information content (AvgIpc) is 2.88. The van der Waals surface area contributed by atoms with E-state index in [9.17, 15) is 39.6 Å². The number of hydrogen-bond acceptors (Lipinski definition) is 9. The molecule has 3 atom stereocenters. The number of urea groups is 1. The number of aromatic hydroxyl groups is 1. The van der Waals surface area contributed by atoms with E-state index in [1.807, 2.05) is 0 Å². The largest absolute Gasteiger partial charge is 0.508 e. The first-order valence-electron chi connectivity index (χ1n) is 12.5. The Hall–Kier alpha value is -4.84. The van der Waals surface area contributed by atoms with Gasteiger partial charge in [0, 0.05) is 43.4 Å². The number of rotatable bonds is 4. The summed E-state index contributed by atoms with van der Waals surface area (Å²) >= 11 is 0. The molecule has 0 heterocycles. The number of benzene rings is 2. The molecule has 3 aliphatic carbocycles. The van der Waals surface area contributed by atoms with Gasteiger partial charge in [-0.25, -0.2) is 4.79 Å². The van der Waals surface area contributed by atoms with E-state index >= 15 is 0 Å². The Morgan fingerprint density at radius 1 is 1.05 bits per heavy atom. The molecule has 12 nitrogen and oxygen atoms in total. The van der Waals surface area contributed by atoms with Crippen LogP contribution in [0.1, 0.15) is 24.0 Å². The van der Waals surface area contributed by atoms with Crippen LogP contribution in [-0.2, 0) is 20.8 Å². The van der Waals surface area contributed by atoms with Crippen molar-refractivity contribution in [3.05, 3.63) is 64.4 Å². The molecule has 8 N–H and O–H groups in total. The second-order valence-corrected chi connectivity index (χ2v) is 10.4. The number of aliphatic hydroxyl groups is 3. The van der Waals surface area contributed by atoms with Crippen LogP contribution in [0.4, 0.5) is 21.9 Å². The summed E-state index contributed by atoms with van der Waals surface area (Å²) in [5, 5.41) is 49.9. The van der Waals surface area contributed by atoms with Gasteiger partial charge < -0.3 is 41.7 Å². The van der Waals surface area contributed by atoms with Crippen LogP contribution in [0.5, 0.6) is 5.75 Å². The molecule has 0 saturated heterocycles. The molecule has 208 valence electrons. The summed E-state index contributed by atoms with van der Waals surface area (Å²) in [6.07, 6.45) is -0.227. The van der Waals surface area contributed by atoms with E-state index in [1.54, 1.807) is 49.3 Å². The predicted molar refractivity (Wildman–Crippen MR) is 145 cm³/mol. The summed E-state index contributed by atoms with van der Waals surface area (Å²) < 4.78 is 0. The molecule has 1 saturated carbocycles. The van der Waals surface area contributed by atoms with Gasteiger partial charge in [-0.2, -0.15) is 0 Å². The third-order valence-electron chi connectivity index (χ3n) is 7.80. The number of nitrogens with zero attached hydrogens (tertiary/aromatic N) is 1. The lowest BCUT2D eigenvalue weighted by molar-refractivity contribution is -0.147. The van der Waals surface area contributed by atoms with Gasteiger partial charge in [-0.05, 0) is 42.5 Å². The molecule has 0 bridgehead atoms. The van der Waals surface area contributed by atoms with Crippen LogP contribution in [0.25, 0.3) is 5.76 Å². The second-order valence-electron chi connectivity index (χ2n) is 10.4. The Bertz CT molecular complexity index is 1550. The first-order valence-corrected chi connectivity index (χ1v) is 12.5. The van der Waals surface area contributed by atoms with E-state index in [4.69, 9.17) is 5.73 Å². The number of carbonyl (C=O) groups is 4. The summed E-state index contributed by atoms with van der Waals surface area (Å²) in [4.78, 5) is 52.5. The molecular weight excluding hydrogens is 520 g/mol. The predicted octanol–water partition coefficient (Wildman–Crippen LogP) is 2.13. The van der Waals surface area contributed by atoms with Gasteiger partial charge in [0.05, 0.1) is 11.3 Å². The number of nitrogens with one attached hydrogen (secondary N) is 2. The monoisotopic (exact) mass is 548 g/mol. The summed E-state index contributed by atoms with van der Waals surface area (Å²) in [5.41, 5.74) is 2.82. The minimum absolute atomic E-state index is 0.0238. The van der Waals surface area contributed by atoms with Crippen molar-refractivity contribution in [2.24, 2.45) is 17.6 Å². The van der Waals surface area contributed by atoms with E-state index < -0.39 is 70.2 Å². The third-order valence-corrected chi connectivity index (χ3v) is 7.80. The number of ketones is 2. The fourth-order valence-corrected chi connectivity index (χ4v) is 5.97. The fourth-order valence-electron chi connectivity index (χ4n) is 5.97. The number of fused-ring (bicyclic) bond motifs is 3. The van der Waals surface area contributed by atoms with E-state index in [2.05, 4.69) is 10.6 Å². The Balaban J connectivity index is 1.61. The lowest BCUT2D eigenvalue weighted by atomic mass is 9.59. The molecule has 0 unspecified atom stereocenters. The van der Waals surface area contributed by atoms with Crippen molar-refractivity contribution in [3.8, 4) is 5.75 Å². The number of phenolic OH excluding ortho intramolecular Hbond substituents is 1. The highest BCUT2D eigenvalue weighted by Crippen LogP contribution is 2.54. The molecular formula is C28H28N4O8. The molecule has 0 aliphatic heterocycles. The Labute approximate surface area is 228 Å². The molecule has 3 aliphatic rings. The van der Waals surface area contributed by atoms with Crippen LogP contribution >= 0.6 is 0 Å². The van der Waals surface area contributed by atoms with Gasteiger partial charge in [0.2, 0.25) is 5.78 Å². The molecule has 40 heavy (non-hydrogen) atoms. The number of phenols is 1. The van der Waals surface area contributed by atoms with E-state index in [-0.39, 0.29) is 29.7 Å². The van der Waals surface area contributed by atoms with Gasteiger partial charge in [0.15, 0.2) is 17.1 Å². The zero-order chi connectivity index (χ0) is 29.1. The van der Waals surface area contributed by atoms with E-state index in [0.29, 0.717) is 16.9 Å². The minimum Gasteiger partial charge on any atom is -0.508 e. The average molecular weight is 549 g/mol. The Morgan fingerprint density at radius 3 is 2.35 bits per heavy atom. The van der Waals surface area contributed by atoms with Crippen molar-refractivity contribution in [2.45, 2.75) is 24.9 Å². The van der Waals surface area contributed by atoms with Crippen LogP contribution in [0.3, 0.4) is 0 Å². The fraction of sp³-hybridized carbons (Fsp3) is 0.286. The maximum Gasteiger partial charge on any atom is 0.323 e. The van der Waals surface area contributed by atoms with Crippen LogP contribution in [0.15, 0.2) is 53.3 Å². The third kappa shape index (κ3) is 3.95. The lowest BCUT2D eigenvalue weighted by Crippen LogP contribution is -2.58. The summed E-state index contributed by atoms with van der Waals surface area (Å²) in [5.74, 6) is -7.16. The number of para-hydroxylation sites is 1. The lowest BCUT2D eigenvalue weighted by Gasteiger charge is -2.46. The summed E-state index contributed by atoms with van der Waals surface area (Å²) in [6, 6.07) is 9.47. The first kappa shape index (κ1) is 26.8. The molecule has 12 heteroatoms. The van der Waals surface area contributed by atoms with Crippen molar-refractivity contribution < 1.29 is 39.6 Å². The smallest absolute Gasteiger partial charge is 0.323 e. The number of primary amides is 1. The van der Waals surface area contributed by atoms with Crippen molar-refractivity contribution >= 4 is 46.3 Å². The molecule has 2 aromatic rings. The van der Waals surface area contributed by atoms with Gasteiger partial charge in [-0.1, -0.05) is 18.2 Å². The van der Waals surface area contributed by atoms with E-state index in [0.717, 1.165) is 0 Å². The topological polar surface area (TPSA) is 203 Å². The summed E-state index contributed by atoms with van der Waals surface area (Å²) in [6.45, 7) is 0. The molecule has 2 aromatic carbocycles. The normalized spacial score (nSPS) is 23.7. The first-order chi connectivity index (χ1) is 18.9. The maximum absolute atomic E-state index is 13.7. The molecule has 5 rings (SSSR count). The quantitative estimate of drug-likeness (QED) is 0.221. The second kappa shape index (κ2) is 9.42. The van der Waals surface area contributed by atoms with Crippen molar-refractivity contribution in [3.63, 3.8) is 0 Å². The van der Waals surface area contributed by atoms with Gasteiger partial charge in [-0.15, -0.1) is 0 Å². The molecule has 0 aromatic heterocycles.